The lowest BCUT2D eigenvalue weighted by molar-refractivity contribution is 0.566. The maximum atomic E-state index is 10.3. The van der Waals surface area contributed by atoms with E-state index in [4.69, 9.17) is 16.2 Å². The molecule has 5 heteroatoms. The highest BCUT2D eigenvalue weighted by Crippen LogP contribution is 2.24. The van der Waals surface area contributed by atoms with E-state index in [2.05, 4.69) is 0 Å². The molecule has 0 saturated carbocycles. The van der Waals surface area contributed by atoms with Crippen LogP contribution in [0.1, 0.15) is 0 Å². The zero-order valence-electron chi connectivity index (χ0n) is 4.20. The van der Waals surface area contributed by atoms with Crippen LogP contribution in [0.15, 0.2) is 15.7 Å². The summed E-state index contributed by atoms with van der Waals surface area (Å²) < 4.78 is 19.1. The highest BCUT2D eigenvalue weighted by Gasteiger charge is 2.05. The van der Waals surface area contributed by atoms with Crippen molar-refractivity contribution in [3.63, 3.8) is 0 Å². The molecule has 0 aromatic carbocycles. The van der Waals surface area contributed by atoms with Gasteiger partial charge in [0.1, 0.15) is 4.21 Å². The summed E-state index contributed by atoms with van der Waals surface area (Å²) in [5.74, 6) is 0. The molecule has 0 aliphatic heterocycles. The fraction of sp³-hybridized carbons (Fsp3) is 0. The topological polar surface area (TPSA) is 37.3 Å². The second kappa shape index (κ2) is 2.79. The van der Waals surface area contributed by atoms with Crippen LogP contribution in [0.25, 0.3) is 0 Å². The third-order valence-electron chi connectivity index (χ3n) is 0.743. The molecule has 2 nitrogen and oxygen atoms in total. The molecule has 50 valence electrons. The minimum Gasteiger partial charge on any atom is -0.302 e. The third kappa shape index (κ3) is 1.52. The summed E-state index contributed by atoms with van der Waals surface area (Å²) in [4.78, 5) is 0. The number of thiophene rings is 1. The van der Waals surface area contributed by atoms with Crippen molar-refractivity contribution in [2.24, 2.45) is 0 Å². The Kier molecular flexibility index (Phi) is 2.23. The highest BCUT2D eigenvalue weighted by molar-refractivity contribution is 7.82. The lowest BCUT2D eigenvalue weighted by Gasteiger charge is -1.85. The van der Waals surface area contributed by atoms with Crippen molar-refractivity contribution in [3.05, 3.63) is 16.5 Å². The summed E-state index contributed by atoms with van der Waals surface area (Å²) in [6.45, 7) is 0. The van der Waals surface area contributed by atoms with E-state index in [1.807, 2.05) is 0 Å². The van der Waals surface area contributed by atoms with Gasteiger partial charge in [-0.1, -0.05) is 11.6 Å². The van der Waals surface area contributed by atoms with Gasteiger partial charge in [0.2, 0.25) is 0 Å². The Labute approximate surface area is 63.8 Å². The first-order chi connectivity index (χ1) is 4.22. The standard InChI is InChI=1S/C4H3ClO2S2/c5-3-1-2-8-4(3)9(6)7/h1-2H,(H,6,7). The van der Waals surface area contributed by atoms with E-state index in [1.54, 1.807) is 11.4 Å². The lowest BCUT2D eigenvalue weighted by atomic mass is 10.7. The van der Waals surface area contributed by atoms with Gasteiger partial charge in [0.25, 0.3) is 0 Å². The van der Waals surface area contributed by atoms with E-state index in [-0.39, 0.29) is 0 Å². The van der Waals surface area contributed by atoms with Crippen molar-refractivity contribution < 1.29 is 8.76 Å². The van der Waals surface area contributed by atoms with Crippen LogP contribution >= 0.6 is 22.9 Å². The van der Waals surface area contributed by atoms with Crippen molar-refractivity contribution in [1.29, 1.82) is 0 Å². The summed E-state index contributed by atoms with van der Waals surface area (Å²) in [7, 11) is 0. The summed E-state index contributed by atoms with van der Waals surface area (Å²) in [5, 5.41) is 2.03. The Bertz CT molecular complexity index is 232. The Balaban J connectivity index is 3.08. The average Bonchev–Trinajstić information content (AvgIpc) is 2.13. The molecular weight excluding hydrogens is 180 g/mol. The lowest BCUT2D eigenvalue weighted by Crippen LogP contribution is -1.81. The quantitative estimate of drug-likeness (QED) is 0.675. The molecule has 0 radical (unpaired) electrons. The maximum absolute atomic E-state index is 10.3. The number of hydrogen-bond acceptors (Lipinski definition) is 2. The van der Waals surface area contributed by atoms with Crippen molar-refractivity contribution in [3.8, 4) is 0 Å². The summed E-state index contributed by atoms with van der Waals surface area (Å²) >= 11 is 4.74. The van der Waals surface area contributed by atoms with E-state index < -0.39 is 11.1 Å². The van der Waals surface area contributed by atoms with Crippen molar-refractivity contribution >= 4 is 34.0 Å². The van der Waals surface area contributed by atoms with Crippen molar-refractivity contribution in [1.82, 2.24) is 0 Å². The first kappa shape index (κ1) is 7.21. The van der Waals surface area contributed by atoms with E-state index in [1.165, 1.54) is 11.3 Å². The first-order valence-electron chi connectivity index (χ1n) is 2.05. The van der Waals surface area contributed by atoms with Gasteiger partial charge in [0, 0.05) is 0 Å². The summed E-state index contributed by atoms with van der Waals surface area (Å²) in [5.41, 5.74) is 0. The fourth-order valence-electron chi connectivity index (χ4n) is 0.404. The van der Waals surface area contributed by atoms with Crippen molar-refractivity contribution in [2.75, 3.05) is 0 Å². The number of hydrogen-bond donors (Lipinski definition) is 1. The zero-order chi connectivity index (χ0) is 6.85. The number of rotatable bonds is 1. The second-order valence-electron chi connectivity index (χ2n) is 1.31. The predicted molar refractivity (Wildman–Crippen MR) is 38.4 cm³/mol. The molecule has 1 aromatic heterocycles. The molecule has 1 unspecified atom stereocenters. The van der Waals surface area contributed by atoms with Crippen LogP contribution in [0.5, 0.6) is 0 Å². The molecule has 0 aliphatic carbocycles. The third-order valence-corrected chi connectivity index (χ3v) is 3.24. The summed E-state index contributed by atoms with van der Waals surface area (Å²) in [6, 6.07) is 1.59. The molecule has 1 atom stereocenters. The Morgan fingerprint density at radius 3 is 2.67 bits per heavy atom. The van der Waals surface area contributed by atoms with Gasteiger partial charge in [-0.25, -0.2) is 4.21 Å². The largest absolute Gasteiger partial charge is 0.302 e. The minimum absolute atomic E-state index is 0.316. The van der Waals surface area contributed by atoms with Crippen LogP contribution in [0.4, 0.5) is 0 Å². The minimum atomic E-state index is -1.92. The second-order valence-corrected chi connectivity index (χ2v) is 3.79. The predicted octanol–water partition coefficient (Wildman–Crippen LogP) is 1.98. The van der Waals surface area contributed by atoms with Gasteiger partial charge >= 0.3 is 0 Å². The van der Waals surface area contributed by atoms with Crippen LogP contribution in [0.3, 0.4) is 0 Å². The van der Waals surface area contributed by atoms with Gasteiger partial charge in [-0.3, -0.25) is 0 Å². The van der Waals surface area contributed by atoms with Crippen LogP contribution in [-0.4, -0.2) is 8.76 Å². The van der Waals surface area contributed by atoms with Crippen molar-refractivity contribution in [2.45, 2.75) is 4.21 Å². The van der Waals surface area contributed by atoms with Gasteiger partial charge in [-0.05, 0) is 11.4 Å². The van der Waals surface area contributed by atoms with Gasteiger partial charge in [0.15, 0.2) is 11.1 Å². The van der Waals surface area contributed by atoms with Crippen LogP contribution in [-0.2, 0) is 11.1 Å². The normalized spacial score (nSPS) is 13.6. The zero-order valence-corrected chi connectivity index (χ0v) is 6.59. The smallest absolute Gasteiger partial charge is 0.198 e. The molecule has 1 rings (SSSR count). The highest BCUT2D eigenvalue weighted by atomic mass is 35.5. The van der Waals surface area contributed by atoms with Gasteiger partial charge in [-0.2, -0.15) is 0 Å². The van der Waals surface area contributed by atoms with Crippen LogP contribution in [0.2, 0.25) is 5.02 Å². The maximum Gasteiger partial charge on any atom is 0.198 e. The van der Waals surface area contributed by atoms with Gasteiger partial charge in [0.05, 0.1) is 5.02 Å². The van der Waals surface area contributed by atoms with E-state index in [0.717, 1.165) is 0 Å². The molecule has 0 bridgehead atoms. The van der Waals surface area contributed by atoms with E-state index in [9.17, 15) is 4.21 Å². The first-order valence-corrected chi connectivity index (χ1v) is 4.42. The monoisotopic (exact) mass is 182 g/mol. The molecule has 0 aliphatic rings. The number of halogens is 1. The molecule has 0 fully saturated rings. The van der Waals surface area contributed by atoms with Crippen LogP contribution < -0.4 is 0 Å². The SMILES string of the molecule is O=S(O)c1sccc1Cl. The average molecular weight is 183 g/mol. The molecule has 0 spiro atoms. The Hall–Kier alpha value is 0.1000. The summed E-state index contributed by atoms with van der Waals surface area (Å²) in [6.07, 6.45) is 0. The Morgan fingerprint density at radius 2 is 2.44 bits per heavy atom. The molecule has 0 saturated heterocycles. The van der Waals surface area contributed by atoms with E-state index in [0.29, 0.717) is 9.23 Å². The van der Waals surface area contributed by atoms with Gasteiger partial charge in [-0.15, -0.1) is 11.3 Å². The molecule has 9 heavy (non-hydrogen) atoms. The fourth-order valence-corrected chi connectivity index (χ4v) is 2.11. The molecule has 1 N–H and O–H groups in total. The molecule has 1 heterocycles. The van der Waals surface area contributed by atoms with E-state index >= 15 is 0 Å². The molecule has 0 amide bonds. The molecular formula is C4H3ClO2S2. The Morgan fingerprint density at radius 1 is 1.78 bits per heavy atom. The van der Waals surface area contributed by atoms with Gasteiger partial charge < -0.3 is 4.55 Å². The molecule has 1 aromatic rings. The van der Waals surface area contributed by atoms with Crippen LogP contribution in [0, 0.1) is 0 Å².